The number of anilines is 1. The van der Waals surface area contributed by atoms with Crippen LogP contribution in [0.4, 0.5) is 14.9 Å². The second-order valence-corrected chi connectivity index (χ2v) is 7.82. The van der Waals surface area contributed by atoms with Crippen molar-refractivity contribution in [1.29, 1.82) is 0 Å². The summed E-state index contributed by atoms with van der Waals surface area (Å²) in [5.74, 6) is -0.526. The highest BCUT2D eigenvalue weighted by molar-refractivity contribution is 8.19. The van der Waals surface area contributed by atoms with Crippen LogP contribution in [0.25, 0.3) is 6.08 Å². The number of hydrogen-bond donors (Lipinski definition) is 0. The van der Waals surface area contributed by atoms with Crippen molar-refractivity contribution < 1.29 is 18.7 Å². The van der Waals surface area contributed by atoms with Gasteiger partial charge in [0.15, 0.2) is 0 Å². The maximum absolute atomic E-state index is 14.0. The third kappa shape index (κ3) is 4.25. The highest BCUT2D eigenvalue weighted by Gasteiger charge is 2.37. The van der Waals surface area contributed by atoms with Gasteiger partial charge in [0.1, 0.15) is 18.2 Å². The summed E-state index contributed by atoms with van der Waals surface area (Å²) in [7, 11) is 0. The van der Waals surface area contributed by atoms with E-state index >= 15 is 0 Å². The average Bonchev–Trinajstić information content (AvgIpc) is 3.02. The van der Waals surface area contributed by atoms with E-state index in [1.165, 1.54) is 18.2 Å². The van der Waals surface area contributed by atoms with Crippen LogP contribution in [-0.2, 0) is 11.4 Å². The topological polar surface area (TPSA) is 46.6 Å². The molecule has 4 rings (SSSR count). The van der Waals surface area contributed by atoms with Crippen molar-refractivity contribution in [2.45, 2.75) is 6.61 Å². The summed E-state index contributed by atoms with van der Waals surface area (Å²) in [6.07, 6.45) is 1.60. The maximum atomic E-state index is 14.0. The van der Waals surface area contributed by atoms with E-state index in [4.69, 9.17) is 16.3 Å². The van der Waals surface area contributed by atoms with Crippen molar-refractivity contribution in [3.05, 3.63) is 99.7 Å². The zero-order valence-corrected chi connectivity index (χ0v) is 17.1. The number of imide groups is 1. The first-order valence-electron chi connectivity index (χ1n) is 9.02. The quantitative estimate of drug-likeness (QED) is 0.438. The number of halogens is 2. The van der Waals surface area contributed by atoms with Crippen molar-refractivity contribution in [2.24, 2.45) is 0 Å². The molecule has 30 heavy (non-hydrogen) atoms. The molecular formula is C23H15ClFNO3S. The Balaban J connectivity index is 1.47. The van der Waals surface area contributed by atoms with E-state index in [2.05, 4.69) is 0 Å². The molecule has 1 saturated heterocycles. The molecule has 1 aliphatic rings. The summed E-state index contributed by atoms with van der Waals surface area (Å²) in [6.45, 7) is 0.334. The van der Waals surface area contributed by atoms with Crippen LogP contribution in [0.15, 0.2) is 77.7 Å². The average molecular weight is 440 g/mol. The number of carbonyl (C=O) groups is 2. The minimum atomic E-state index is -0.624. The number of nitrogens with zero attached hydrogens (tertiary/aromatic N) is 1. The Morgan fingerprint density at radius 3 is 2.40 bits per heavy atom. The van der Waals surface area contributed by atoms with Crippen LogP contribution in [0, 0.1) is 5.82 Å². The van der Waals surface area contributed by atoms with Gasteiger partial charge < -0.3 is 4.74 Å². The molecule has 0 aliphatic carbocycles. The maximum Gasteiger partial charge on any atom is 0.298 e. The number of benzene rings is 3. The minimum Gasteiger partial charge on any atom is -0.489 e. The van der Waals surface area contributed by atoms with Crippen LogP contribution in [-0.4, -0.2) is 11.1 Å². The summed E-state index contributed by atoms with van der Waals surface area (Å²) in [4.78, 5) is 26.0. The van der Waals surface area contributed by atoms with Crippen molar-refractivity contribution in [3.63, 3.8) is 0 Å². The van der Waals surface area contributed by atoms with Gasteiger partial charge in [-0.25, -0.2) is 9.29 Å². The molecule has 0 spiro atoms. The molecule has 0 saturated carbocycles. The number of rotatable bonds is 5. The second kappa shape index (κ2) is 8.73. The van der Waals surface area contributed by atoms with Crippen LogP contribution in [0.2, 0.25) is 5.02 Å². The Morgan fingerprint density at radius 2 is 1.67 bits per heavy atom. The van der Waals surface area contributed by atoms with Gasteiger partial charge in [0, 0.05) is 10.6 Å². The molecule has 0 aromatic heterocycles. The Morgan fingerprint density at radius 1 is 0.967 bits per heavy atom. The molecule has 7 heteroatoms. The summed E-state index contributed by atoms with van der Waals surface area (Å²) in [5.41, 5.74) is 1.55. The standard InChI is InChI=1S/C23H15ClFNO3S/c24-18-6-2-1-5-16(18)14-29-17-11-9-15(10-12-17)13-21-22(27)26(23(28)30-21)20-8-4-3-7-19(20)25/h1-13H,14H2/b21-13-. The summed E-state index contributed by atoms with van der Waals surface area (Å²) >= 11 is 6.90. The number of carbonyl (C=O) groups excluding carboxylic acids is 2. The number of thioether (sulfide) groups is 1. The summed E-state index contributed by atoms with van der Waals surface area (Å²) in [6, 6.07) is 20.2. The summed E-state index contributed by atoms with van der Waals surface area (Å²) in [5, 5.41) is 0.107. The van der Waals surface area contributed by atoms with Crippen molar-refractivity contribution in [1.82, 2.24) is 0 Å². The Hall–Kier alpha value is -3.09. The number of amides is 2. The van der Waals surface area contributed by atoms with Crippen LogP contribution >= 0.6 is 23.4 Å². The van der Waals surface area contributed by atoms with Gasteiger partial charge >= 0.3 is 0 Å². The SMILES string of the molecule is O=C1S/C(=C\c2ccc(OCc3ccccc3Cl)cc2)C(=O)N1c1ccccc1F. The third-order valence-electron chi connectivity index (χ3n) is 4.42. The van der Waals surface area contributed by atoms with Crippen molar-refractivity contribution in [3.8, 4) is 5.75 Å². The Kier molecular flexibility index (Phi) is 5.88. The van der Waals surface area contributed by atoms with Gasteiger partial charge in [-0.2, -0.15) is 0 Å². The molecule has 1 heterocycles. The van der Waals surface area contributed by atoms with E-state index in [9.17, 15) is 14.0 Å². The first-order chi connectivity index (χ1) is 14.5. The fourth-order valence-corrected chi connectivity index (χ4v) is 3.92. The largest absolute Gasteiger partial charge is 0.489 e. The van der Waals surface area contributed by atoms with E-state index in [0.29, 0.717) is 17.4 Å². The molecule has 0 unspecified atom stereocenters. The monoisotopic (exact) mass is 439 g/mol. The van der Waals surface area contributed by atoms with Crippen LogP contribution < -0.4 is 9.64 Å². The van der Waals surface area contributed by atoms with Crippen LogP contribution in [0.1, 0.15) is 11.1 Å². The van der Waals surface area contributed by atoms with E-state index < -0.39 is 17.0 Å². The van der Waals surface area contributed by atoms with Gasteiger partial charge in [0.05, 0.1) is 10.6 Å². The molecule has 3 aromatic rings. The number of ether oxygens (including phenoxy) is 1. The third-order valence-corrected chi connectivity index (χ3v) is 5.66. The molecule has 0 N–H and O–H groups in total. The molecule has 2 amide bonds. The molecular weight excluding hydrogens is 425 g/mol. The highest BCUT2D eigenvalue weighted by atomic mass is 35.5. The molecule has 150 valence electrons. The molecule has 1 aliphatic heterocycles. The molecule has 0 atom stereocenters. The predicted molar refractivity (Wildman–Crippen MR) is 117 cm³/mol. The van der Waals surface area contributed by atoms with E-state index in [1.54, 1.807) is 42.5 Å². The van der Waals surface area contributed by atoms with E-state index in [-0.39, 0.29) is 10.6 Å². The van der Waals surface area contributed by atoms with Gasteiger partial charge in [-0.1, -0.05) is 54.1 Å². The first-order valence-corrected chi connectivity index (χ1v) is 10.2. The summed E-state index contributed by atoms with van der Waals surface area (Å²) < 4.78 is 19.8. The zero-order valence-electron chi connectivity index (χ0n) is 15.5. The molecule has 4 nitrogen and oxygen atoms in total. The smallest absolute Gasteiger partial charge is 0.298 e. The minimum absolute atomic E-state index is 0.0493. The second-order valence-electron chi connectivity index (χ2n) is 6.42. The Bertz CT molecular complexity index is 1150. The molecule has 3 aromatic carbocycles. The normalized spacial score (nSPS) is 15.1. The lowest BCUT2D eigenvalue weighted by atomic mass is 10.2. The van der Waals surface area contributed by atoms with E-state index in [1.807, 2.05) is 18.2 Å². The fourth-order valence-electron chi connectivity index (χ4n) is 2.90. The number of hydrogen-bond acceptors (Lipinski definition) is 4. The number of para-hydroxylation sites is 1. The van der Waals surface area contributed by atoms with E-state index in [0.717, 1.165) is 27.8 Å². The predicted octanol–water partition coefficient (Wildman–Crippen LogP) is 6.30. The zero-order chi connectivity index (χ0) is 21.1. The lowest BCUT2D eigenvalue weighted by molar-refractivity contribution is -0.113. The highest BCUT2D eigenvalue weighted by Crippen LogP contribution is 2.36. The van der Waals surface area contributed by atoms with Crippen LogP contribution in [0.3, 0.4) is 0 Å². The lowest BCUT2D eigenvalue weighted by Gasteiger charge is -2.12. The molecule has 1 fully saturated rings. The van der Waals surface area contributed by atoms with Gasteiger partial charge in [-0.05, 0) is 53.7 Å². The van der Waals surface area contributed by atoms with Crippen molar-refractivity contribution >= 4 is 46.3 Å². The first kappa shape index (κ1) is 20.2. The van der Waals surface area contributed by atoms with Gasteiger partial charge in [-0.15, -0.1) is 0 Å². The van der Waals surface area contributed by atoms with Crippen molar-refractivity contribution in [2.75, 3.05) is 4.90 Å². The van der Waals surface area contributed by atoms with Gasteiger partial charge in [0.2, 0.25) is 0 Å². The van der Waals surface area contributed by atoms with Gasteiger partial charge in [0.25, 0.3) is 11.1 Å². The van der Waals surface area contributed by atoms with Gasteiger partial charge in [-0.3, -0.25) is 9.59 Å². The fraction of sp³-hybridized carbons (Fsp3) is 0.0435. The molecule has 0 bridgehead atoms. The molecule has 0 radical (unpaired) electrons. The Labute approximate surface area is 181 Å². The van der Waals surface area contributed by atoms with Crippen LogP contribution in [0.5, 0.6) is 5.75 Å². The lowest BCUT2D eigenvalue weighted by Crippen LogP contribution is -2.28.